The van der Waals surface area contributed by atoms with E-state index in [9.17, 15) is 5.26 Å². The normalized spacial score (nSPS) is 19.1. The molecular weight excluding hydrogens is 222 g/mol. The van der Waals surface area contributed by atoms with Crippen molar-refractivity contribution in [3.05, 3.63) is 5.82 Å². The quantitative estimate of drug-likeness (QED) is 0.750. The summed E-state index contributed by atoms with van der Waals surface area (Å²) in [6.45, 7) is 1.87. The lowest BCUT2D eigenvalue weighted by molar-refractivity contribution is 0.441. The number of aryl methyl sites for hydroxylation is 1. The molecule has 0 amide bonds. The Hall–Kier alpha value is -1.06. The first kappa shape index (κ1) is 11.4. The number of nitrogens with one attached hydrogen (secondary N) is 2. The van der Waals surface area contributed by atoms with E-state index in [2.05, 4.69) is 26.6 Å². The lowest BCUT2D eigenvalue weighted by Crippen LogP contribution is -2.46. The molecule has 1 aromatic heterocycles. The van der Waals surface area contributed by atoms with Crippen molar-refractivity contribution in [2.75, 3.05) is 12.8 Å². The van der Waals surface area contributed by atoms with Crippen LogP contribution in [0.2, 0.25) is 0 Å². The SMILES string of the molecule is CNC(C#N)(CSc1n[nH]c(C)n1)C1CC1. The number of aromatic nitrogens is 3. The molecule has 1 atom stereocenters. The molecule has 1 aromatic rings. The lowest BCUT2D eigenvalue weighted by atomic mass is 9.98. The Morgan fingerprint density at radius 3 is 2.88 bits per heavy atom. The maximum Gasteiger partial charge on any atom is 0.208 e. The summed E-state index contributed by atoms with van der Waals surface area (Å²) in [5, 5.41) is 20.0. The van der Waals surface area contributed by atoms with Gasteiger partial charge in [0.25, 0.3) is 0 Å². The Kier molecular flexibility index (Phi) is 3.17. The number of hydrogen-bond donors (Lipinski definition) is 2. The van der Waals surface area contributed by atoms with Crippen LogP contribution >= 0.6 is 11.8 Å². The zero-order chi connectivity index (χ0) is 11.6. The third-order valence-electron chi connectivity index (χ3n) is 2.93. The summed E-state index contributed by atoms with van der Waals surface area (Å²) in [7, 11) is 1.85. The summed E-state index contributed by atoms with van der Waals surface area (Å²) in [4.78, 5) is 4.22. The highest BCUT2D eigenvalue weighted by Crippen LogP contribution is 2.41. The van der Waals surface area contributed by atoms with Crippen molar-refractivity contribution in [3.8, 4) is 6.07 Å². The van der Waals surface area contributed by atoms with E-state index in [4.69, 9.17) is 0 Å². The molecule has 0 spiro atoms. The highest BCUT2D eigenvalue weighted by atomic mass is 32.2. The van der Waals surface area contributed by atoms with Gasteiger partial charge in [0.05, 0.1) is 6.07 Å². The number of nitrogens with zero attached hydrogens (tertiary/aromatic N) is 3. The van der Waals surface area contributed by atoms with Crippen LogP contribution in [-0.2, 0) is 0 Å². The number of aromatic amines is 1. The molecule has 0 radical (unpaired) electrons. The van der Waals surface area contributed by atoms with Crippen LogP contribution in [-0.4, -0.2) is 33.5 Å². The van der Waals surface area contributed by atoms with E-state index in [-0.39, 0.29) is 0 Å². The predicted molar refractivity (Wildman–Crippen MR) is 62.0 cm³/mol. The van der Waals surface area contributed by atoms with Crippen molar-refractivity contribution >= 4 is 11.8 Å². The van der Waals surface area contributed by atoms with Crippen molar-refractivity contribution in [3.63, 3.8) is 0 Å². The maximum atomic E-state index is 9.30. The number of nitriles is 1. The summed E-state index contributed by atoms with van der Waals surface area (Å²) in [6, 6.07) is 2.41. The van der Waals surface area contributed by atoms with Gasteiger partial charge in [0, 0.05) is 5.75 Å². The summed E-state index contributed by atoms with van der Waals surface area (Å²) in [6.07, 6.45) is 2.28. The lowest BCUT2D eigenvalue weighted by Gasteiger charge is -2.24. The van der Waals surface area contributed by atoms with Crippen molar-refractivity contribution in [1.82, 2.24) is 20.5 Å². The second kappa shape index (κ2) is 4.44. The smallest absolute Gasteiger partial charge is 0.208 e. The molecule has 1 heterocycles. The Bertz CT molecular complexity index is 406. The molecule has 1 aliphatic rings. The monoisotopic (exact) mass is 237 g/mol. The highest BCUT2D eigenvalue weighted by Gasteiger charge is 2.44. The molecule has 5 nitrogen and oxygen atoms in total. The largest absolute Gasteiger partial charge is 0.302 e. The van der Waals surface area contributed by atoms with Gasteiger partial charge in [0.1, 0.15) is 11.4 Å². The zero-order valence-electron chi connectivity index (χ0n) is 9.45. The van der Waals surface area contributed by atoms with E-state index in [1.165, 1.54) is 11.8 Å². The van der Waals surface area contributed by atoms with Gasteiger partial charge in [0.15, 0.2) is 0 Å². The zero-order valence-corrected chi connectivity index (χ0v) is 10.3. The minimum absolute atomic E-state index is 0.417. The third-order valence-corrected chi connectivity index (χ3v) is 3.97. The Morgan fingerprint density at radius 1 is 1.69 bits per heavy atom. The van der Waals surface area contributed by atoms with Crippen molar-refractivity contribution in [1.29, 1.82) is 5.26 Å². The predicted octanol–water partition coefficient (Wildman–Crippen LogP) is 1.10. The van der Waals surface area contributed by atoms with Crippen LogP contribution in [0.15, 0.2) is 5.16 Å². The third kappa shape index (κ3) is 2.20. The van der Waals surface area contributed by atoms with Crippen LogP contribution in [0.4, 0.5) is 0 Å². The number of thioether (sulfide) groups is 1. The van der Waals surface area contributed by atoms with Crippen molar-refractivity contribution < 1.29 is 0 Å². The summed E-state index contributed by atoms with van der Waals surface area (Å²) in [5.41, 5.74) is -0.417. The second-order valence-electron chi connectivity index (χ2n) is 4.10. The highest BCUT2D eigenvalue weighted by molar-refractivity contribution is 7.99. The van der Waals surface area contributed by atoms with Gasteiger partial charge in [-0.1, -0.05) is 11.8 Å². The second-order valence-corrected chi connectivity index (χ2v) is 5.04. The first-order valence-electron chi connectivity index (χ1n) is 5.32. The van der Waals surface area contributed by atoms with Gasteiger partial charge in [0.2, 0.25) is 5.16 Å². The van der Waals surface area contributed by atoms with E-state index in [1.807, 2.05) is 14.0 Å². The van der Waals surface area contributed by atoms with E-state index in [0.717, 1.165) is 18.7 Å². The minimum atomic E-state index is -0.417. The average Bonchev–Trinajstić information content (AvgIpc) is 3.06. The van der Waals surface area contributed by atoms with Crippen LogP contribution in [0.5, 0.6) is 0 Å². The van der Waals surface area contributed by atoms with E-state index >= 15 is 0 Å². The number of H-pyrrole nitrogens is 1. The van der Waals surface area contributed by atoms with Crippen LogP contribution in [0, 0.1) is 24.2 Å². The van der Waals surface area contributed by atoms with Crippen LogP contribution in [0.25, 0.3) is 0 Å². The molecular formula is C10H15N5S. The molecule has 1 fully saturated rings. The first-order valence-corrected chi connectivity index (χ1v) is 6.31. The van der Waals surface area contributed by atoms with E-state index < -0.39 is 5.54 Å². The Morgan fingerprint density at radius 2 is 2.44 bits per heavy atom. The molecule has 1 aliphatic carbocycles. The van der Waals surface area contributed by atoms with Gasteiger partial charge in [-0.15, -0.1) is 5.10 Å². The average molecular weight is 237 g/mol. The standard InChI is InChI=1S/C10H15N5S/c1-7-13-9(15-14-7)16-6-10(5-11,12-2)8-3-4-8/h8,12H,3-4,6H2,1-2H3,(H,13,14,15). The topological polar surface area (TPSA) is 77.4 Å². The molecule has 0 saturated heterocycles. The van der Waals surface area contributed by atoms with Gasteiger partial charge in [-0.2, -0.15) is 5.26 Å². The molecule has 86 valence electrons. The van der Waals surface area contributed by atoms with Gasteiger partial charge in [-0.3, -0.25) is 5.10 Å². The number of hydrogen-bond acceptors (Lipinski definition) is 5. The Balaban J connectivity index is 1.99. The summed E-state index contributed by atoms with van der Waals surface area (Å²) < 4.78 is 0. The van der Waals surface area contributed by atoms with E-state index in [0.29, 0.717) is 16.8 Å². The fourth-order valence-electron chi connectivity index (χ4n) is 1.71. The molecule has 0 bridgehead atoms. The molecule has 2 rings (SSSR count). The van der Waals surface area contributed by atoms with Crippen LogP contribution < -0.4 is 5.32 Å². The molecule has 6 heteroatoms. The van der Waals surface area contributed by atoms with E-state index in [1.54, 1.807) is 0 Å². The first-order chi connectivity index (χ1) is 7.70. The van der Waals surface area contributed by atoms with Crippen LogP contribution in [0.1, 0.15) is 18.7 Å². The van der Waals surface area contributed by atoms with Gasteiger partial charge in [-0.05, 0) is 32.7 Å². The summed E-state index contributed by atoms with van der Waals surface area (Å²) >= 11 is 1.53. The minimum Gasteiger partial charge on any atom is -0.302 e. The molecule has 16 heavy (non-hydrogen) atoms. The van der Waals surface area contributed by atoms with Gasteiger partial charge in [-0.25, -0.2) is 4.98 Å². The molecule has 2 N–H and O–H groups in total. The van der Waals surface area contributed by atoms with Crippen molar-refractivity contribution in [2.24, 2.45) is 5.92 Å². The Labute approximate surface area is 99.0 Å². The molecule has 1 saturated carbocycles. The number of rotatable bonds is 5. The molecule has 0 aliphatic heterocycles. The fraction of sp³-hybridized carbons (Fsp3) is 0.700. The molecule has 0 aromatic carbocycles. The van der Waals surface area contributed by atoms with Crippen molar-refractivity contribution in [2.45, 2.75) is 30.5 Å². The molecule has 1 unspecified atom stereocenters. The van der Waals surface area contributed by atoms with Gasteiger partial charge >= 0.3 is 0 Å². The van der Waals surface area contributed by atoms with Gasteiger partial charge < -0.3 is 5.32 Å². The maximum absolute atomic E-state index is 9.30. The van der Waals surface area contributed by atoms with Crippen LogP contribution in [0.3, 0.4) is 0 Å². The fourth-order valence-corrected chi connectivity index (χ4v) is 2.83. The summed E-state index contributed by atoms with van der Waals surface area (Å²) in [5.74, 6) is 1.98.